The van der Waals surface area contributed by atoms with E-state index in [1.54, 1.807) is 0 Å². The first-order valence-corrected chi connectivity index (χ1v) is 10.5. The molecule has 2 aliphatic rings. The lowest BCUT2D eigenvalue weighted by Crippen LogP contribution is -2.46. The molecule has 1 saturated heterocycles. The molecule has 3 N–H and O–H groups in total. The summed E-state index contributed by atoms with van der Waals surface area (Å²) < 4.78 is 0. The zero-order valence-electron chi connectivity index (χ0n) is 13.2. The first-order valence-electron chi connectivity index (χ1n) is 8.03. The highest BCUT2D eigenvalue weighted by molar-refractivity contribution is 7.99. The Morgan fingerprint density at radius 3 is 3.00 bits per heavy atom. The van der Waals surface area contributed by atoms with Crippen molar-refractivity contribution >= 4 is 29.5 Å². The van der Waals surface area contributed by atoms with E-state index in [1.165, 1.54) is 25.7 Å². The third-order valence-electron chi connectivity index (χ3n) is 4.26. The van der Waals surface area contributed by atoms with Crippen LogP contribution in [0, 0.1) is 0 Å². The summed E-state index contributed by atoms with van der Waals surface area (Å²) in [6, 6.07) is 0.515. The maximum Gasteiger partial charge on any atom is 0.191 e. The highest BCUT2D eigenvalue weighted by Gasteiger charge is 2.31. The number of rotatable bonds is 5. The van der Waals surface area contributed by atoms with E-state index in [-0.39, 0.29) is 0 Å². The smallest absolute Gasteiger partial charge is 0.191 e. The van der Waals surface area contributed by atoms with Crippen LogP contribution in [0.2, 0.25) is 0 Å². The van der Waals surface area contributed by atoms with Crippen LogP contribution >= 0.6 is 23.5 Å². The fourth-order valence-corrected chi connectivity index (χ4v) is 5.06. The van der Waals surface area contributed by atoms with Gasteiger partial charge in [-0.2, -0.15) is 23.5 Å². The van der Waals surface area contributed by atoms with E-state index in [1.807, 2.05) is 23.5 Å². The standard InChI is InChI=1S/C15H29N3OS2/c1-3-16-14(17-10-15(19)7-8-21-11-15)18-12-5-4-6-13(9-12)20-2/h12-13,19H,3-11H2,1-2H3,(H2,16,17,18). The number of nitrogens with zero attached hydrogens (tertiary/aromatic N) is 1. The van der Waals surface area contributed by atoms with Crippen LogP contribution in [-0.4, -0.2) is 58.8 Å². The van der Waals surface area contributed by atoms with Crippen LogP contribution in [0.3, 0.4) is 0 Å². The molecule has 1 aliphatic heterocycles. The summed E-state index contributed by atoms with van der Waals surface area (Å²) in [5, 5.41) is 18.1. The number of guanidine groups is 1. The molecule has 4 nitrogen and oxygen atoms in total. The third-order valence-corrected chi connectivity index (χ3v) is 6.59. The predicted molar refractivity (Wildman–Crippen MR) is 95.6 cm³/mol. The van der Waals surface area contributed by atoms with Gasteiger partial charge in [0, 0.05) is 23.6 Å². The Labute approximate surface area is 137 Å². The molecule has 0 amide bonds. The molecule has 0 aromatic heterocycles. The molecule has 0 bridgehead atoms. The van der Waals surface area contributed by atoms with E-state index < -0.39 is 5.60 Å². The van der Waals surface area contributed by atoms with Crippen molar-refractivity contribution in [3.05, 3.63) is 0 Å². The van der Waals surface area contributed by atoms with Crippen LogP contribution in [0.5, 0.6) is 0 Å². The Morgan fingerprint density at radius 2 is 2.33 bits per heavy atom. The second kappa shape index (κ2) is 8.53. The molecule has 2 fully saturated rings. The molecule has 3 unspecified atom stereocenters. The van der Waals surface area contributed by atoms with E-state index in [0.29, 0.717) is 12.6 Å². The summed E-state index contributed by atoms with van der Waals surface area (Å²) in [5.74, 6) is 2.73. The number of thioether (sulfide) groups is 2. The summed E-state index contributed by atoms with van der Waals surface area (Å²) in [4.78, 5) is 4.64. The fourth-order valence-electron chi connectivity index (χ4n) is 2.95. The molecule has 21 heavy (non-hydrogen) atoms. The van der Waals surface area contributed by atoms with Gasteiger partial charge >= 0.3 is 0 Å². The minimum Gasteiger partial charge on any atom is -0.387 e. The molecular weight excluding hydrogens is 302 g/mol. The second-order valence-electron chi connectivity index (χ2n) is 6.09. The summed E-state index contributed by atoms with van der Waals surface area (Å²) in [7, 11) is 0. The van der Waals surface area contributed by atoms with Crippen LogP contribution in [0.1, 0.15) is 39.0 Å². The molecule has 0 spiro atoms. The number of aliphatic imine (C=N–C) groups is 1. The first-order chi connectivity index (χ1) is 10.1. The van der Waals surface area contributed by atoms with Crippen molar-refractivity contribution < 1.29 is 5.11 Å². The zero-order chi connectivity index (χ0) is 15.1. The average molecular weight is 332 g/mol. The summed E-state index contributed by atoms with van der Waals surface area (Å²) in [5.41, 5.74) is -0.596. The van der Waals surface area contributed by atoms with Gasteiger partial charge in [-0.15, -0.1) is 0 Å². The quantitative estimate of drug-likeness (QED) is 0.532. The van der Waals surface area contributed by atoms with Crippen molar-refractivity contribution in [1.82, 2.24) is 10.6 Å². The summed E-state index contributed by atoms with van der Waals surface area (Å²) in [6.45, 7) is 3.45. The van der Waals surface area contributed by atoms with Crippen LogP contribution in [0.4, 0.5) is 0 Å². The van der Waals surface area contributed by atoms with Crippen molar-refractivity contribution in [1.29, 1.82) is 0 Å². The van der Waals surface area contributed by atoms with Crippen molar-refractivity contribution in [3.63, 3.8) is 0 Å². The normalized spacial score (nSPS) is 34.0. The number of hydrogen-bond donors (Lipinski definition) is 3. The molecule has 6 heteroatoms. The molecule has 1 heterocycles. The maximum absolute atomic E-state index is 10.4. The monoisotopic (exact) mass is 331 g/mol. The van der Waals surface area contributed by atoms with Gasteiger partial charge in [-0.25, -0.2) is 0 Å². The second-order valence-corrected chi connectivity index (χ2v) is 8.33. The van der Waals surface area contributed by atoms with Gasteiger partial charge in [0.15, 0.2) is 5.96 Å². The number of aliphatic hydroxyl groups is 1. The highest BCUT2D eigenvalue weighted by atomic mass is 32.2. The first kappa shape index (κ1) is 17.3. The fraction of sp³-hybridized carbons (Fsp3) is 0.933. The van der Waals surface area contributed by atoms with Crippen molar-refractivity contribution in [2.75, 3.05) is 30.9 Å². The Hall–Kier alpha value is -0.0700. The molecule has 0 aromatic rings. The summed E-state index contributed by atoms with van der Waals surface area (Å²) >= 11 is 3.80. The Kier molecular flexibility index (Phi) is 7.02. The lowest BCUT2D eigenvalue weighted by Gasteiger charge is -2.30. The van der Waals surface area contributed by atoms with E-state index in [2.05, 4.69) is 28.8 Å². The van der Waals surface area contributed by atoms with Gasteiger partial charge in [-0.05, 0) is 44.6 Å². The van der Waals surface area contributed by atoms with Gasteiger partial charge in [0.05, 0.1) is 12.1 Å². The lowest BCUT2D eigenvalue weighted by atomic mass is 9.95. The number of hydrogen-bond acceptors (Lipinski definition) is 4. The third kappa shape index (κ3) is 5.57. The highest BCUT2D eigenvalue weighted by Crippen LogP contribution is 2.28. The minimum atomic E-state index is -0.596. The van der Waals surface area contributed by atoms with Gasteiger partial charge in [-0.3, -0.25) is 4.99 Å². The average Bonchev–Trinajstić information content (AvgIpc) is 2.93. The van der Waals surface area contributed by atoms with Gasteiger partial charge in [0.2, 0.25) is 0 Å². The van der Waals surface area contributed by atoms with Crippen molar-refractivity contribution in [3.8, 4) is 0 Å². The van der Waals surface area contributed by atoms with Crippen LogP contribution in [-0.2, 0) is 0 Å². The SMILES string of the molecule is CCNC(=NCC1(O)CCSC1)NC1CCCC(SC)C1. The molecule has 1 saturated carbocycles. The Balaban J connectivity index is 1.88. The molecule has 2 rings (SSSR count). The number of nitrogens with one attached hydrogen (secondary N) is 2. The van der Waals surface area contributed by atoms with Crippen LogP contribution < -0.4 is 10.6 Å². The lowest BCUT2D eigenvalue weighted by molar-refractivity contribution is 0.0778. The molecular formula is C15H29N3OS2. The van der Waals surface area contributed by atoms with E-state index >= 15 is 0 Å². The molecule has 0 radical (unpaired) electrons. The van der Waals surface area contributed by atoms with Gasteiger partial charge in [0.25, 0.3) is 0 Å². The van der Waals surface area contributed by atoms with E-state index in [9.17, 15) is 5.11 Å². The molecule has 1 aliphatic carbocycles. The molecule has 3 atom stereocenters. The molecule has 122 valence electrons. The van der Waals surface area contributed by atoms with Crippen LogP contribution in [0.25, 0.3) is 0 Å². The van der Waals surface area contributed by atoms with Crippen molar-refractivity contribution in [2.24, 2.45) is 4.99 Å². The maximum atomic E-state index is 10.4. The minimum absolute atomic E-state index is 0.508. The van der Waals surface area contributed by atoms with E-state index in [0.717, 1.165) is 35.7 Å². The molecule has 0 aromatic carbocycles. The van der Waals surface area contributed by atoms with Gasteiger partial charge < -0.3 is 15.7 Å². The Morgan fingerprint density at radius 1 is 1.48 bits per heavy atom. The van der Waals surface area contributed by atoms with Crippen LogP contribution in [0.15, 0.2) is 4.99 Å². The van der Waals surface area contributed by atoms with Gasteiger partial charge in [-0.1, -0.05) is 6.42 Å². The zero-order valence-corrected chi connectivity index (χ0v) is 14.9. The van der Waals surface area contributed by atoms with Crippen molar-refractivity contribution in [2.45, 2.75) is 55.9 Å². The Bertz CT molecular complexity index is 346. The van der Waals surface area contributed by atoms with Gasteiger partial charge in [0.1, 0.15) is 0 Å². The predicted octanol–water partition coefficient (Wildman–Crippen LogP) is 2.08. The summed E-state index contributed by atoms with van der Waals surface area (Å²) in [6.07, 6.45) is 8.14. The van der Waals surface area contributed by atoms with E-state index in [4.69, 9.17) is 0 Å². The topological polar surface area (TPSA) is 56.7 Å². The largest absolute Gasteiger partial charge is 0.387 e.